The van der Waals surface area contributed by atoms with Gasteiger partial charge in [0, 0.05) is 5.56 Å². The molecule has 1 unspecified atom stereocenters. The number of rotatable bonds is 8. The van der Waals surface area contributed by atoms with E-state index >= 15 is 0 Å². The normalized spacial score (nSPS) is 21.3. The van der Waals surface area contributed by atoms with Gasteiger partial charge in [0.05, 0.1) is 17.7 Å². The second-order valence-corrected chi connectivity index (χ2v) is 13.5. The quantitative estimate of drug-likeness (QED) is 0.250. The van der Waals surface area contributed by atoms with Gasteiger partial charge in [-0.3, -0.25) is 9.79 Å². The summed E-state index contributed by atoms with van der Waals surface area (Å²) in [5.41, 5.74) is 3.19. The Balaban J connectivity index is 1.53. The van der Waals surface area contributed by atoms with Gasteiger partial charge in [0.2, 0.25) is 0 Å². The molecule has 1 amide bonds. The van der Waals surface area contributed by atoms with Gasteiger partial charge in [0.15, 0.2) is 0 Å². The van der Waals surface area contributed by atoms with Gasteiger partial charge in [0.1, 0.15) is 17.2 Å². The van der Waals surface area contributed by atoms with Crippen molar-refractivity contribution >= 4 is 17.6 Å². The van der Waals surface area contributed by atoms with E-state index in [1.165, 1.54) is 17.7 Å². The summed E-state index contributed by atoms with van der Waals surface area (Å²) in [6, 6.07) is 23.9. The molecule has 0 radical (unpaired) electrons. The summed E-state index contributed by atoms with van der Waals surface area (Å²) in [5, 5.41) is 0. The summed E-state index contributed by atoms with van der Waals surface area (Å²) in [6.45, 7) is 10.3. The summed E-state index contributed by atoms with van der Waals surface area (Å²) in [4.78, 5) is 34.3. The molecule has 226 valence electrons. The SMILES string of the molecule is CC(C)OC(=O)c1ccc(C(CCC(C)(C)C)N2C(=O)C(c3ccc(F)cc3)=NC23CCC(c2ccccc2)CC3)cc1. The Morgan fingerprint density at radius 3 is 2.19 bits per heavy atom. The number of halogens is 1. The lowest BCUT2D eigenvalue weighted by atomic mass is 9.77. The van der Waals surface area contributed by atoms with Crippen molar-refractivity contribution in [3.05, 3.63) is 107 Å². The maximum atomic E-state index is 14.5. The lowest BCUT2D eigenvalue weighted by Gasteiger charge is -2.46. The Hall–Kier alpha value is -3.80. The van der Waals surface area contributed by atoms with Crippen LogP contribution in [0, 0.1) is 11.2 Å². The topological polar surface area (TPSA) is 59.0 Å². The molecular formula is C37H43FN2O3. The van der Waals surface area contributed by atoms with Crippen LogP contribution in [0.4, 0.5) is 4.39 Å². The largest absolute Gasteiger partial charge is 0.459 e. The number of benzene rings is 3. The second-order valence-electron chi connectivity index (χ2n) is 13.5. The summed E-state index contributed by atoms with van der Waals surface area (Å²) >= 11 is 0. The van der Waals surface area contributed by atoms with Gasteiger partial charge in [0.25, 0.3) is 5.91 Å². The van der Waals surface area contributed by atoms with Crippen molar-refractivity contribution in [2.75, 3.05) is 0 Å². The van der Waals surface area contributed by atoms with Crippen LogP contribution in [0.5, 0.6) is 0 Å². The predicted octanol–water partition coefficient (Wildman–Crippen LogP) is 8.64. The minimum Gasteiger partial charge on any atom is -0.459 e. The molecule has 1 fully saturated rings. The smallest absolute Gasteiger partial charge is 0.338 e. The Bertz CT molecular complexity index is 1450. The maximum Gasteiger partial charge on any atom is 0.338 e. The zero-order valence-corrected chi connectivity index (χ0v) is 26.0. The molecule has 1 spiro atoms. The van der Waals surface area contributed by atoms with E-state index in [1.807, 2.05) is 36.9 Å². The number of carbonyl (C=O) groups excluding carboxylic acids is 2. The van der Waals surface area contributed by atoms with Crippen LogP contribution in [-0.4, -0.2) is 34.3 Å². The van der Waals surface area contributed by atoms with Crippen molar-refractivity contribution in [1.29, 1.82) is 0 Å². The molecule has 1 aliphatic heterocycles. The first kappa shape index (κ1) is 30.7. The molecule has 2 aliphatic rings. The van der Waals surface area contributed by atoms with E-state index in [0.29, 0.717) is 22.8 Å². The van der Waals surface area contributed by atoms with Crippen molar-refractivity contribution in [3.63, 3.8) is 0 Å². The van der Waals surface area contributed by atoms with Crippen LogP contribution in [0.15, 0.2) is 83.9 Å². The molecule has 43 heavy (non-hydrogen) atoms. The summed E-state index contributed by atoms with van der Waals surface area (Å²) in [6.07, 6.45) is 4.76. The van der Waals surface area contributed by atoms with Crippen LogP contribution in [0.1, 0.15) is 112 Å². The Morgan fingerprint density at radius 2 is 1.60 bits per heavy atom. The first-order valence-electron chi connectivity index (χ1n) is 15.5. The van der Waals surface area contributed by atoms with Crippen LogP contribution in [0.3, 0.4) is 0 Å². The highest BCUT2D eigenvalue weighted by atomic mass is 19.1. The molecule has 3 aromatic carbocycles. The fourth-order valence-electron chi connectivity index (χ4n) is 6.47. The minimum atomic E-state index is -0.691. The highest BCUT2D eigenvalue weighted by Crippen LogP contribution is 2.49. The summed E-state index contributed by atoms with van der Waals surface area (Å²) in [5.74, 6) is -0.411. The van der Waals surface area contributed by atoms with E-state index in [9.17, 15) is 14.0 Å². The molecule has 6 heteroatoms. The molecule has 1 heterocycles. The molecule has 5 nitrogen and oxygen atoms in total. The third-order valence-corrected chi connectivity index (χ3v) is 8.72. The second kappa shape index (κ2) is 12.4. The number of aliphatic imine (C=N–C) groups is 1. The maximum absolute atomic E-state index is 14.5. The standard InChI is InChI=1S/C37H43FN2O3/c1-25(2)43-35(42)30-13-11-28(12-14-30)32(21-22-36(3,4)5)40-34(41)33(29-15-17-31(38)18-16-29)39-37(40)23-19-27(20-24-37)26-9-7-6-8-10-26/h6-18,25,27,32H,19-24H2,1-5H3. The van der Waals surface area contributed by atoms with Gasteiger partial charge in [-0.25, -0.2) is 9.18 Å². The number of hydrogen-bond donors (Lipinski definition) is 0. The lowest BCUT2D eigenvalue weighted by Crippen LogP contribution is -2.50. The molecule has 0 bridgehead atoms. The van der Waals surface area contributed by atoms with E-state index in [1.54, 1.807) is 24.3 Å². The van der Waals surface area contributed by atoms with Crippen LogP contribution < -0.4 is 0 Å². The van der Waals surface area contributed by atoms with E-state index in [2.05, 4.69) is 45.0 Å². The van der Waals surface area contributed by atoms with Crippen molar-refractivity contribution < 1.29 is 18.7 Å². The number of amides is 1. The van der Waals surface area contributed by atoms with Gasteiger partial charge in [-0.1, -0.05) is 63.2 Å². The molecule has 5 rings (SSSR count). The van der Waals surface area contributed by atoms with E-state index in [-0.39, 0.29) is 35.3 Å². The van der Waals surface area contributed by atoms with Gasteiger partial charge in [-0.05, 0) is 111 Å². The minimum absolute atomic E-state index is 0.0564. The monoisotopic (exact) mass is 582 g/mol. The number of carbonyl (C=O) groups is 2. The average Bonchev–Trinajstić information content (AvgIpc) is 3.25. The van der Waals surface area contributed by atoms with Crippen LogP contribution in [0.25, 0.3) is 0 Å². The highest BCUT2D eigenvalue weighted by Gasteiger charge is 2.52. The fraction of sp³-hybridized carbons (Fsp3) is 0.432. The van der Waals surface area contributed by atoms with Crippen LogP contribution >= 0.6 is 0 Å². The van der Waals surface area contributed by atoms with Gasteiger partial charge in [-0.2, -0.15) is 0 Å². The summed E-state index contributed by atoms with van der Waals surface area (Å²) < 4.78 is 19.3. The Morgan fingerprint density at radius 1 is 0.977 bits per heavy atom. The van der Waals surface area contributed by atoms with Crippen molar-refractivity contribution in [2.45, 2.75) is 96.9 Å². The number of hydrogen-bond acceptors (Lipinski definition) is 4. The molecule has 1 saturated carbocycles. The zero-order chi connectivity index (χ0) is 30.8. The Kier molecular flexibility index (Phi) is 8.86. The lowest BCUT2D eigenvalue weighted by molar-refractivity contribution is -0.133. The van der Waals surface area contributed by atoms with Gasteiger partial charge >= 0.3 is 5.97 Å². The average molecular weight is 583 g/mol. The van der Waals surface area contributed by atoms with E-state index in [0.717, 1.165) is 44.1 Å². The third kappa shape index (κ3) is 6.90. The summed E-state index contributed by atoms with van der Waals surface area (Å²) in [7, 11) is 0. The third-order valence-electron chi connectivity index (χ3n) is 8.72. The molecule has 3 aromatic rings. The highest BCUT2D eigenvalue weighted by molar-refractivity contribution is 6.46. The molecule has 0 aromatic heterocycles. The van der Waals surface area contributed by atoms with Gasteiger partial charge < -0.3 is 9.64 Å². The molecule has 0 N–H and O–H groups in total. The van der Waals surface area contributed by atoms with E-state index < -0.39 is 5.66 Å². The number of ether oxygens (including phenoxy) is 1. The predicted molar refractivity (Wildman–Crippen MR) is 169 cm³/mol. The molecule has 1 aliphatic carbocycles. The zero-order valence-electron chi connectivity index (χ0n) is 26.0. The number of nitrogens with zero attached hydrogens (tertiary/aromatic N) is 2. The first-order chi connectivity index (χ1) is 20.5. The van der Waals surface area contributed by atoms with Crippen LogP contribution in [-0.2, 0) is 9.53 Å². The number of esters is 1. The van der Waals surface area contributed by atoms with Gasteiger partial charge in [-0.15, -0.1) is 0 Å². The fourth-order valence-corrected chi connectivity index (χ4v) is 6.47. The Labute approximate surface area is 255 Å². The first-order valence-corrected chi connectivity index (χ1v) is 15.5. The van der Waals surface area contributed by atoms with Crippen molar-refractivity contribution in [1.82, 2.24) is 4.90 Å². The molecule has 1 atom stereocenters. The van der Waals surface area contributed by atoms with Crippen molar-refractivity contribution in [3.8, 4) is 0 Å². The van der Waals surface area contributed by atoms with E-state index in [4.69, 9.17) is 9.73 Å². The molecule has 0 saturated heterocycles. The van der Waals surface area contributed by atoms with Crippen molar-refractivity contribution in [2.24, 2.45) is 10.4 Å². The van der Waals surface area contributed by atoms with Crippen LogP contribution in [0.2, 0.25) is 0 Å². The molecular weight excluding hydrogens is 539 g/mol.